The lowest BCUT2D eigenvalue weighted by atomic mass is 10.00. The maximum Gasteiger partial charge on any atom is 0.0455 e. The summed E-state index contributed by atoms with van der Waals surface area (Å²) in [5, 5.41) is 3.64. The van der Waals surface area contributed by atoms with Crippen molar-refractivity contribution in [1.29, 1.82) is 0 Å². The molecule has 1 aliphatic carbocycles. The second-order valence-corrected chi connectivity index (χ2v) is 7.04. The predicted molar refractivity (Wildman–Crippen MR) is 87.6 cm³/mol. The van der Waals surface area contributed by atoms with Crippen LogP contribution in [0.1, 0.15) is 45.8 Å². The van der Waals surface area contributed by atoms with Crippen LogP contribution in [-0.2, 0) is 19.3 Å². The van der Waals surface area contributed by atoms with Crippen molar-refractivity contribution >= 4 is 11.3 Å². The Morgan fingerprint density at radius 2 is 2.00 bits per heavy atom. The van der Waals surface area contributed by atoms with E-state index in [2.05, 4.69) is 49.5 Å². The highest BCUT2D eigenvalue weighted by molar-refractivity contribution is 7.12. The zero-order valence-corrected chi connectivity index (χ0v) is 13.2. The summed E-state index contributed by atoms with van der Waals surface area (Å²) in [6.45, 7) is 5.40. The fraction of sp³-hybridized carbons (Fsp3) is 0.444. The third kappa shape index (κ3) is 2.97. The number of benzene rings is 1. The van der Waals surface area contributed by atoms with Crippen molar-refractivity contribution in [3.8, 4) is 0 Å². The zero-order chi connectivity index (χ0) is 13.9. The van der Waals surface area contributed by atoms with Crippen molar-refractivity contribution in [3.05, 3.63) is 56.8 Å². The van der Waals surface area contributed by atoms with Crippen molar-refractivity contribution in [2.24, 2.45) is 0 Å². The highest BCUT2D eigenvalue weighted by atomic mass is 32.1. The number of nitrogens with one attached hydrogen (secondary N) is 1. The van der Waals surface area contributed by atoms with E-state index < -0.39 is 0 Å². The lowest BCUT2D eigenvalue weighted by Crippen LogP contribution is -2.22. The molecule has 0 fully saturated rings. The molecule has 0 spiro atoms. The third-order valence-electron chi connectivity index (χ3n) is 4.16. The lowest BCUT2D eigenvalue weighted by molar-refractivity contribution is 0.558. The predicted octanol–water partition coefficient (Wildman–Crippen LogP) is 4.44. The molecule has 1 unspecified atom stereocenters. The molecule has 1 aromatic carbocycles. The van der Waals surface area contributed by atoms with E-state index in [1.807, 2.05) is 11.3 Å². The molecule has 0 bridgehead atoms. The van der Waals surface area contributed by atoms with Crippen molar-refractivity contribution in [3.63, 3.8) is 0 Å². The molecule has 2 heteroatoms. The van der Waals surface area contributed by atoms with Crippen LogP contribution in [0.4, 0.5) is 0 Å². The van der Waals surface area contributed by atoms with Gasteiger partial charge in [-0.05, 0) is 68.0 Å². The Kier molecular flexibility index (Phi) is 4.23. The van der Waals surface area contributed by atoms with Crippen LogP contribution in [0.25, 0.3) is 0 Å². The average molecular weight is 285 g/mol. The molecule has 1 heterocycles. The van der Waals surface area contributed by atoms with Crippen molar-refractivity contribution in [2.45, 2.75) is 45.6 Å². The largest absolute Gasteiger partial charge is 0.309 e. The van der Waals surface area contributed by atoms with Crippen molar-refractivity contribution < 1.29 is 0 Å². The normalized spacial score (nSPS) is 15.3. The van der Waals surface area contributed by atoms with Gasteiger partial charge in [0.05, 0.1) is 0 Å². The van der Waals surface area contributed by atoms with Crippen LogP contribution in [0.5, 0.6) is 0 Å². The van der Waals surface area contributed by atoms with Gasteiger partial charge in [-0.1, -0.05) is 25.1 Å². The van der Waals surface area contributed by atoms with Gasteiger partial charge in [0.25, 0.3) is 0 Å². The van der Waals surface area contributed by atoms with Crippen LogP contribution in [0.3, 0.4) is 0 Å². The van der Waals surface area contributed by atoms with E-state index in [1.54, 1.807) is 11.1 Å². The van der Waals surface area contributed by atoms with Gasteiger partial charge in [0.2, 0.25) is 0 Å². The van der Waals surface area contributed by atoms with E-state index in [4.69, 9.17) is 0 Å². The molecule has 1 aliphatic rings. The van der Waals surface area contributed by atoms with E-state index in [9.17, 15) is 0 Å². The minimum atomic E-state index is 0.457. The number of hydrogen-bond acceptors (Lipinski definition) is 2. The Morgan fingerprint density at radius 3 is 2.75 bits per heavy atom. The standard InChI is InChI=1S/C18H23NS/c1-3-19-17(18-10-7-13(2)20-18)12-14-8-9-15-5-4-6-16(15)11-14/h7-11,17,19H,3-6,12H2,1-2H3. The fourth-order valence-electron chi connectivity index (χ4n) is 3.15. The number of fused-ring (bicyclic) bond motifs is 1. The minimum absolute atomic E-state index is 0.457. The Bertz CT molecular complexity index is 585. The fourth-order valence-corrected chi connectivity index (χ4v) is 4.10. The smallest absolute Gasteiger partial charge is 0.0455 e. The van der Waals surface area contributed by atoms with Gasteiger partial charge in [0.15, 0.2) is 0 Å². The first-order chi connectivity index (χ1) is 9.76. The first kappa shape index (κ1) is 13.8. The molecule has 0 aliphatic heterocycles. The van der Waals surface area contributed by atoms with E-state index >= 15 is 0 Å². The number of likely N-dealkylation sites (N-methyl/N-ethyl adjacent to an activating group) is 1. The minimum Gasteiger partial charge on any atom is -0.309 e. The molecule has 20 heavy (non-hydrogen) atoms. The van der Waals surface area contributed by atoms with Gasteiger partial charge in [0.1, 0.15) is 0 Å². The number of rotatable bonds is 5. The monoisotopic (exact) mass is 285 g/mol. The molecule has 0 saturated heterocycles. The second-order valence-electron chi connectivity index (χ2n) is 5.72. The topological polar surface area (TPSA) is 12.0 Å². The van der Waals surface area contributed by atoms with Crippen LogP contribution in [0.2, 0.25) is 0 Å². The first-order valence-electron chi connectivity index (χ1n) is 7.66. The first-order valence-corrected chi connectivity index (χ1v) is 8.48. The molecule has 106 valence electrons. The zero-order valence-electron chi connectivity index (χ0n) is 12.4. The van der Waals surface area contributed by atoms with Gasteiger partial charge in [-0.2, -0.15) is 0 Å². The lowest BCUT2D eigenvalue weighted by Gasteiger charge is -2.17. The molecule has 0 saturated carbocycles. The quantitative estimate of drug-likeness (QED) is 0.856. The van der Waals surface area contributed by atoms with Crippen molar-refractivity contribution in [2.75, 3.05) is 6.54 Å². The maximum absolute atomic E-state index is 3.64. The highest BCUT2D eigenvalue weighted by Crippen LogP contribution is 2.28. The molecule has 0 amide bonds. The number of aryl methyl sites for hydroxylation is 3. The molecular formula is C18H23NS. The SMILES string of the molecule is CCNC(Cc1ccc2c(c1)CCC2)c1ccc(C)s1. The van der Waals surface area contributed by atoms with Crippen LogP contribution < -0.4 is 5.32 Å². The average Bonchev–Trinajstić information content (AvgIpc) is 3.06. The molecular weight excluding hydrogens is 262 g/mol. The summed E-state index contributed by atoms with van der Waals surface area (Å²) in [5.41, 5.74) is 4.63. The van der Waals surface area contributed by atoms with Crippen molar-refractivity contribution in [1.82, 2.24) is 5.32 Å². The van der Waals surface area contributed by atoms with Crippen LogP contribution in [-0.4, -0.2) is 6.54 Å². The van der Waals surface area contributed by atoms with E-state index in [0.717, 1.165) is 13.0 Å². The van der Waals surface area contributed by atoms with E-state index in [0.29, 0.717) is 6.04 Å². The highest BCUT2D eigenvalue weighted by Gasteiger charge is 2.15. The van der Waals surface area contributed by atoms with Crippen LogP contribution >= 0.6 is 11.3 Å². The summed E-state index contributed by atoms with van der Waals surface area (Å²) < 4.78 is 0. The Labute approximate surface area is 126 Å². The molecule has 1 aromatic heterocycles. The number of thiophene rings is 1. The molecule has 1 N–H and O–H groups in total. The summed E-state index contributed by atoms with van der Waals surface area (Å²) in [5.74, 6) is 0. The number of hydrogen-bond donors (Lipinski definition) is 1. The summed E-state index contributed by atoms with van der Waals surface area (Å²) in [4.78, 5) is 2.86. The van der Waals surface area contributed by atoms with E-state index in [-0.39, 0.29) is 0 Å². The van der Waals surface area contributed by atoms with Gasteiger partial charge in [0, 0.05) is 15.8 Å². The molecule has 2 aromatic rings. The molecule has 1 atom stereocenters. The summed E-state index contributed by atoms with van der Waals surface area (Å²) in [6, 6.07) is 12.1. The van der Waals surface area contributed by atoms with Crippen LogP contribution in [0.15, 0.2) is 30.3 Å². The molecule has 0 radical (unpaired) electrons. The maximum atomic E-state index is 3.64. The van der Waals surface area contributed by atoms with E-state index in [1.165, 1.54) is 34.6 Å². The Balaban J connectivity index is 1.79. The van der Waals surface area contributed by atoms with Gasteiger partial charge in [-0.15, -0.1) is 11.3 Å². The second kappa shape index (κ2) is 6.11. The van der Waals surface area contributed by atoms with Crippen LogP contribution in [0, 0.1) is 6.92 Å². The summed E-state index contributed by atoms with van der Waals surface area (Å²) in [6.07, 6.45) is 4.98. The third-order valence-corrected chi connectivity index (χ3v) is 5.27. The van der Waals surface area contributed by atoms with Gasteiger partial charge < -0.3 is 5.32 Å². The van der Waals surface area contributed by atoms with Gasteiger partial charge in [-0.3, -0.25) is 0 Å². The summed E-state index contributed by atoms with van der Waals surface area (Å²) >= 11 is 1.92. The Hall–Kier alpha value is -1.12. The Morgan fingerprint density at radius 1 is 1.15 bits per heavy atom. The molecule has 1 nitrogen and oxygen atoms in total. The van der Waals surface area contributed by atoms with Gasteiger partial charge in [-0.25, -0.2) is 0 Å². The summed E-state index contributed by atoms with van der Waals surface area (Å²) in [7, 11) is 0. The van der Waals surface area contributed by atoms with Gasteiger partial charge >= 0.3 is 0 Å². The molecule has 3 rings (SSSR count).